The van der Waals surface area contributed by atoms with Gasteiger partial charge >= 0.3 is 12.1 Å². The number of nitrogens with one attached hydrogen (secondary N) is 1. The number of amides is 1. The van der Waals surface area contributed by atoms with Gasteiger partial charge in [-0.3, -0.25) is 4.79 Å². The number of carbonyl (C=O) groups is 2. The van der Waals surface area contributed by atoms with Gasteiger partial charge in [-0.2, -0.15) is 0 Å². The number of hydrogen-bond acceptors (Lipinski definition) is 5. The SMILES string of the molecule is COC(=O)CCCCCC[C@@H]1[C@@H](CO)[C@H](NC(=O)OCc2ccccc2)C[C@@H]1C. The lowest BCUT2D eigenvalue weighted by Gasteiger charge is -2.24. The van der Waals surface area contributed by atoms with Crippen LogP contribution in [-0.2, 0) is 20.9 Å². The summed E-state index contributed by atoms with van der Waals surface area (Å²) in [6, 6.07) is 9.54. The van der Waals surface area contributed by atoms with E-state index in [1.54, 1.807) is 0 Å². The molecule has 0 radical (unpaired) electrons. The summed E-state index contributed by atoms with van der Waals surface area (Å²) in [5.74, 6) is 0.744. The van der Waals surface area contributed by atoms with Crippen molar-refractivity contribution in [3.8, 4) is 0 Å². The number of benzene rings is 1. The van der Waals surface area contributed by atoms with Crippen molar-refractivity contribution >= 4 is 12.1 Å². The van der Waals surface area contributed by atoms with E-state index in [0.717, 1.165) is 44.1 Å². The second kappa shape index (κ2) is 12.5. The maximum Gasteiger partial charge on any atom is 0.407 e. The number of esters is 1. The first-order chi connectivity index (χ1) is 14.0. The van der Waals surface area contributed by atoms with Crippen LogP contribution in [0.15, 0.2) is 30.3 Å². The summed E-state index contributed by atoms with van der Waals surface area (Å²) in [4.78, 5) is 23.3. The second-order valence-electron chi connectivity index (χ2n) is 8.06. The predicted molar refractivity (Wildman–Crippen MR) is 111 cm³/mol. The van der Waals surface area contributed by atoms with Gasteiger partial charge in [-0.05, 0) is 36.7 Å². The van der Waals surface area contributed by atoms with Gasteiger partial charge in [-0.25, -0.2) is 4.79 Å². The molecule has 0 unspecified atom stereocenters. The number of hydrogen-bond donors (Lipinski definition) is 2. The Morgan fingerprint density at radius 1 is 1.10 bits per heavy atom. The molecule has 2 N–H and O–H groups in total. The highest BCUT2D eigenvalue weighted by Crippen LogP contribution is 2.40. The van der Waals surface area contributed by atoms with Crippen LogP contribution in [0.5, 0.6) is 0 Å². The first kappa shape index (κ1) is 23.2. The van der Waals surface area contributed by atoms with Crippen LogP contribution in [0.25, 0.3) is 0 Å². The van der Waals surface area contributed by atoms with E-state index in [4.69, 9.17) is 4.74 Å². The number of rotatable bonds is 11. The number of aliphatic hydroxyl groups excluding tert-OH is 1. The third kappa shape index (κ3) is 7.69. The summed E-state index contributed by atoms with van der Waals surface area (Å²) >= 11 is 0. The Labute approximate surface area is 174 Å². The maximum atomic E-state index is 12.2. The molecule has 6 heteroatoms. The molecule has 0 aromatic heterocycles. The first-order valence-corrected chi connectivity index (χ1v) is 10.7. The topological polar surface area (TPSA) is 84.9 Å². The van der Waals surface area contributed by atoms with Crippen LogP contribution in [0.1, 0.15) is 57.4 Å². The van der Waals surface area contributed by atoms with Gasteiger partial charge in [0.2, 0.25) is 0 Å². The first-order valence-electron chi connectivity index (χ1n) is 10.7. The molecule has 1 aromatic carbocycles. The fraction of sp³-hybridized carbons (Fsp3) is 0.652. The van der Waals surface area contributed by atoms with Crippen molar-refractivity contribution in [1.82, 2.24) is 5.32 Å². The molecular formula is C23H35NO5. The fourth-order valence-corrected chi connectivity index (χ4v) is 4.42. The van der Waals surface area contributed by atoms with Crippen molar-refractivity contribution in [2.45, 2.75) is 64.5 Å². The third-order valence-corrected chi connectivity index (χ3v) is 6.05. The Morgan fingerprint density at radius 2 is 1.83 bits per heavy atom. The number of aliphatic hydroxyl groups is 1. The molecular weight excluding hydrogens is 370 g/mol. The minimum absolute atomic E-state index is 0.0532. The summed E-state index contributed by atoms with van der Waals surface area (Å²) in [5.41, 5.74) is 0.950. The van der Waals surface area contributed by atoms with Gasteiger partial charge in [0.05, 0.1) is 7.11 Å². The smallest absolute Gasteiger partial charge is 0.407 e. The van der Waals surface area contributed by atoms with Gasteiger partial charge in [-0.15, -0.1) is 0 Å². The molecule has 1 aliphatic carbocycles. The normalized spacial score (nSPS) is 23.6. The van der Waals surface area contributed by atoms with E-state index in [0.29, 0.717) is 18.3 Å². The van der Waals surface area contributed by atoms with Gasteiger partial charge < -0.3 is 19.9 Å². The molecule has 6 nitrogen and oxygen atoms in total. The molecule has 1 fully saturated rings. The quantitative estimate of drug-likeness (QED) is 0.428. The summed E-state index contributed by atoms with van der Waals surface area (Å²) in [5, 5.41) is 12.9. The van der Waals surface area contributed by atoms with Crippen molar-refractivity contribution < 1.29 is 24.2 Å². The minimum Gasteiger partial charge on any atom is -0.469 e. The maximum absolute atomic E-state index is 12.2. The van der Waals surface area contributed by atoms with E-state index in [1.165, 1.54) is 7.11 Å². The fourth-order valence-electron chi connectivity index (χ4n) is 4.42. The Kier molecular flexibility index (Phi) is 9.98. The molecule has 0 aliphatic heterocycles. The average molecular weight is 406 g/mol. The van der Waals surface area contributed by atoms with Gasteiger partial charge in [-0.1, -0.05) is 56.5 Å². The van der Waals surface area contributed by atoms with E-state index in [2.05, 4.69) is 17.0 Å². The summed E-state index contributed by atoms with van der Waals surface area (Å²) in [6.45, 7) is 2.51. The summed E-state index contributed by atoms with van der Waals surface area (Å²) in [7, 11) is 1.42. The number of unbranched alkanes of at least 4 members (excludes halogenated alkanes) is 3. The van der Waals surface area contributed by atoms with Crippen LogP contribution in [0, 0.1) is 17.8 Å². The summed E-state index contributed by atoms with van der Waals surface area (Å²) < 4.78 is 9.99. The van der Waals surface area contributed by atoms with Crippen LogP contribution >= 0.6 is 0 Å². The lowest BCUT2D eigenvalue weighted by molar-refractivity contribution is -0.140. The molecule has 4 atom stereocenters. The number of methoxy groups -OCH3 is 1. The van der Waals surface area contributed by atoms with Crippen LogP contribution in [0.2, 0.25) is 0 Å². The molecule has 2 rings (SSSR count). The van der Waals surface area contributed by atoms with Gasteiger partial charge in [0, 0.05) is 25.0 Å². The van der Waals surface area contributed by atoms with Crippen LogP contribution in [0.3, 0.4) is 0 Å². The van der Waals surface area contributed by atoms with E-state index in [1.807, 2.05) is 30.3 Å². The lowest BCUT2D eigenvalue weighted by Crippen LogP contribution is -2.40. The minimum atomic E-state index is -0.423. The van der Waals surface area contributed by atoms with Gasteiger partial charge in [0.25, 0.3) is 0 Å². The average Bonchev–Trinajstić information content (AvgIpc) is 3.03. The number of ether oxygens (including phenoxy) is 2. The summed E-state index contributed by atoms with van der Waals surface area (Å²) in [6.07, 6.45) is 5.94. The third-order valence-electron chi connectivity index (χ3n) is 6.05. The van der Waals surface area contributed by atoms with Crippen molar-refractivity contribution in [3.05, 3.63) is 35.9 Å². The number of alkyl carbamates (subject to hydrolysis) is 1. The lowest BCUT2D eigenvalue weighted by atomic mass is 9.85. The zero-order chi connectivity index (χ0) is 21.1. The predicted octanol–water partition coefficient (Wildman–Crippen LogP) is 4.06. The molecule has 29 heavy (non-hydrogen) atoms. The second-order valence-corrected chi connectivity index (χ2v) is 8.06. The molecule has 0 heterocycles. The van der Waals surface area contributed by atoms with E-state index < -0.39 is 6.09 Å². The zero-order valence-electron chi connectivity index (χ0n) is 17.6. The standard InChI is InChI=1S/C23H35NO5/c1-17-14-21(24-23(27)29-16-18-10-6-5-7-11-18)20(15-25)19(17)12-8-3-4-9-13-22(26)28-2/h5-7,10-11,17,19-21,25H,3-4,8-9,12-16H2,1-2H3,(H,24,27)/t17-,19-,20+,21+/m0/s1. The molecule has 0 bridgehead atoms. The highest BCUT2D eigenvalue weighted by molar-refractivity contribution is 5.69. The van der Waals surface area contributed by atoms with E-state index in [-0.39, 0.29) is 31.1 Å². The van der Waals surface area contributed by atoms with E-state index >= 15 is 0 Å². The van der Waals surface area contributed by atoms with Crippen LogP contribution in [0.4, 0.5) is 4.79 Å². The Bertz CT molecular complexity index is 621. The Hall–Kier alpha value is -2.08. The molecule has 1 amide bonds. The molecule has 0 spiro atoms. The Balaban J connectivity index is 1.72. The molecule has 1 saturated carbocycles. The number of carbonyl (C=O) groups excluding carboxylic acids is 2. The van der Waals surface area contributed by atoms with Crippen molar-refractivity contribution in [2.75, 3.05) is 13.7 Å². The monoisotopic (exact) mass is 405 g/mol. The highest BCUT2D eigenvalue weighted by Gasteiger charge is 2.41. The molecule has 0 saturated heterocycles. The van der Waals surface area contributed by atoms with E-state index in [9.17, 15) is 14.7 Å². The largest absolute Gasteiger partial charge is 0.469 e. The Morgan fingerprint density at radius 3 is 2.52 bits per heavy atom. The van der Waals surface area contributed by atoms with Crippen LogP contribution < -0.4 is 5.32 Å². The molecule has 162 valence electrons. The van der Waals surface area contributed by atoms with Crippen molar-refractivity contribution in [1.29, 1.82) is 0 Å². The molecule has 1 aromatic rings. The highest BCUT2D eigenvalue weighted by atomic mass is 16.5. The van der Waals surface area contributed by atoms with Crippen molar-refractivity contribution in [2.24, 2.45) is 17.8 Å². The van der Waals surface area contributed by atoms with Gasteiger partial charge in [0.1, 0.15) is 6.61 Å². The van der Waals surface area contributed by atoms with Crippen LogP contribution in [-0.4, -0.2) is 36.9 Å². The zero-order valence-corrected chi connectivity index (χ0v) is 17.6. The van der Waals surface area contributed by atoms with Gasteiger partial charge in [0.15, 0.2) is 0 Å². The van der Waals surface area contributed by atoms with Crippen molar-refractivity contribution in [3.63, 3.8) is 0 Å². The molecule has 1 aliphatic rings.